The van der Waals surface area contributed by atoms with E-state index in [1.807, 2.05) is 24.3 Å². The third-order valence-corrected chi connectivity index (χ3v) is 3.66. The van der Waals surface area contributed by atoms with E-state index in [1.165, 1.54) is 10.6 Å². The Morgan fingerprint density at radius 3 is 2.14 bits per heavy atom. The lowest BCUT2D eigenvalue weighted by Crippen LogP contribution is -2.25. The fourth-order valence-electron chi connectivity index (χ4n) is 2.54. The van der Waals surface area contributed by atoms with E-state index in [0.29, 0.717) is 16.6 Å². The summed E-state index contributed by atoms with van der Waals surface area (Å²) >= 11 is 0. The Labute approximate surface area is 125 Å². The topological polar surface area (TPSA) is 52.9 Å². The summed E-state index contributed by atoms with van der Waals surface area (Å²) in [6, 6.07) is 14.0. The number of hydrogen-bond acceptors (Lipinski definition) is 2. The lowest BCUT2D eigenvalue weighted by atomic mass is 10.1. The lowest BCUT2D eigenvalue weighted by molar-refractivity contribution is 0.0704. The Morgan fingerprint density at radius 2 is 1.55 bits per heavy atom. The monoisotopic (exact) mass is 303 g/mol. The van der Waals surface area contributed by atoms with E-state index in [4.69, 9.17) is 5.73 Å². The minimum atomic E-state index is -2.86. The molecule has 0 aliphatic carbocycles. The van der Waals surface area contributed by atoms with Crippen molar-refractivity contribution < 1.29 is 8.78 Å². The number of aromatic nitrogens is 2. The molecule has 0 bridgehead atoms. The van der Waals surface area contributed by atoms with E-state index >= 15 is 0 Å². The standard InChI is InChI=1S/C16H15F2N3O/c17-15(18)21-14-4-2-1-3-13(14)20(16(21)22)10-12-7-5-11(9-19)6-8-12/h1-8,15H,9-10,19H2. The summed E-state index contributed by atoms with van der Waals surface area (Å²) < 4.78 is 28.2. The molecule has 0 saturated carbocycles. The first-order valence-corrected chi connectivity index (χ1v) is 6.87. The zero-order valence-corrected chi connectivity index (χ0v) is 11.7. The molecule has 2 N–H and O–H groups in total. The number of para-hydroxylation sites is 2. The highest BCUT2D eigenvalue weighted by Gasteiger charge is 2.18. The summed E-state index contributed by atoms with van der Waals surface area (Å²) in [7, 11) is 0. The first-order chi connectivity index (χ1) is 10.6. The smallest absolute Gasteiger partial charge is 0.326 e. The van der Waals surface area contributed by atoms with Gasteiger partial charge in [0.2, 0.25) is 0 Å². The fraction of sp³-hybridized carbons (Fsp3) is 0.188. The number of hydrogen-bond donors (Lipinski definition) is 1. The highest BCUT2D eigenvalue weighted by Crippen LogP contribution is 2.19. The number of alkyl halides is 2. The third-order valence-electron chi connectivity index (χ3n) is 3.66. The van der Waals surface area contributed by atoms with Gasteiger partial charge in [0.05, 0.1) is 17.6 Å². The number of fused-ring (bicyclic) bond motifs is 1. The first kappa shape index (κ1) is 14.5. The third kappa shape index (κ3) is 2.42. The Bertz CT molecular complexity index is 850. The number of benzene rings is 2. The molecule has 0 aliphatic heterocycles. The van der Waals surface area contributed by atoms with Crippen LogP contribution in [0.5, 0.6) is 0 Å². The van der Waals surface area contributed by atoms with E-state index in [1.54, 1.807) is 18.2 Å². The van der Waals surface area contributed by atoms with Crippen LogP contribution in [0.2, 0.25) is 0 Å². The molecule has 0 radical (unpaired) electrons. The molecular weight excluding hydrogens is 288 g/mol. The molecule has 0 atom stereocenters. The van der Waals surface area contributed by atoms with Crippen molar-refractivity contribution in [3.8, 4) is 0 Å². The molecule has 1 heterocycles. The molecule has 6 heteroatoms. The minimum absolute atomic E-state index is 0.237. The van der Waals surface area contributed by atoms with Crippen molar-refractivity contribution in [3.63, 3.8) is 0 Å². The van der Waals surface area contributed by atoms with Gasteiger partial charge in [0, 0.05) is 6.54 Å². The zero-order chi connectivity index (χ0) is 15.7. The molecule has 2 aromatic carbocycles. The van der Waals surface area contributed by atoms with Crippen molar-refractivity contribution in [1.82, 2.24) is 9.13 Å². The number of imidazole rings is 1. The van der Waals surface area contributed by atoms with Crippen LogP contribution in [0.1, 0.15) is 17.7 Å². The van der Waals surface area contributed by atoms with Crippen LogP contribution >= 0.6 is 0 Å². The summed E-state index contributed by atoms with van der Waals surface area (Å²) in [4.78, 5) is 12.3. The van der Waals surface area contributed by atoms with E-state index < -0.39 is 12.2 Å². The Morgan fingerprint density at radius 1 is 0.955 bits per heavy atom. The minimum Gasteiger partial charge on any atom is -0.326 e. The predicted octanol–water partition coefficient (Wildman–Crippen LogP) is 2.71. The van der Waals surface area contributed by atoms with Crippen LogP contribution in [0.4, 0.5) is 8.78 Å². The normalized spacial score (nSPS) is 11.5. The number of halogens is 2. The Balaban J connectivity index is 2.10. The maximum absolute atomic E-state index is 13.1. The van der Waals surface area contributed by atoms with Crippen LogP contribution in [-0.4, -0.2) is 9.13 Å². The average molecular weight is 303 g/mol. The average Bonchev–Trinajstić information content (AvgIpc) is 2.81. The molecule has 0 amide bonds. The van der Waals surface area contributed by atoms with Gasteiger partial charge in [-0.25, -0.2) is 9.36 Å². The molecule has 0 saturated heterocycles. The maximum atomic E-state index is 13.1. The van der Waals surface area contributed by atoms with E-state index in [-0.39, 0.29) is 12.1 Å². The molecule has 114 valence electrons. The lowest BCUT2D eigenvalue weighted by Gasteiger charge is -2.05. The second-order valence-electron chi connectivity index (χ2n) is 5.03. The van der Waals surface area contributed by atoms with Crippen molar-refractivity contribution in [2.45, 2.75) is 19.6 Å². The van der Waals surface area contributed by atoms with Gasteiger partial charge in [-0.3, -0.25) is 4.57 Å². The number of nitrogens with zero attached hydrogens (tertiary/aromatic N) is 2. The molecule has 3 rings (SSSR count). The summed E-state index contributed by atoms with van der Waals surface area (Å²) in [5, 5.41) is 0. The second kappa shape index (κ2) is 5.73. The molecule has 4 nitrogen and oxygen atoms in total. The van der Waals surface area contributed by atoms with Crippen LogP contribution in [0, 0.1) is 0 Å². The molecule has 0 fully saturated rings. The fourth-order valence-corrected chi connectivity index (χ4v) is 2.54. The first-order valence-electron chi connectivity index (χ1n) is 6.87. The van der Waals surface area contributed by atoms with Gasteiger partial charge in [-0.2, -0.15) is 8.78 Å². The summed E-state index contributed by atoms with van der Waals surface area (Å²) in [5.41, 5.74) is 7.41. The Kier molecular flexibility index (Phi) is 3.77. The van der Waals surface area contributed by atoms with Gasteiger partial charge in [0.25, 0.3) is 0 Å². The summed E-state index contributed by atoms with van der Waals surface area (Å²) in [5.74, 6) is 0. The van der Waals surface area contributed by atoms with Gasteiger partial charge in [0.1, 0.15) is 0 Å². The van der Waals surface area contributed by atoms with Gasteiger partial charge >= 0.3 is 12.2 Å². The molecule has 0 unspecified atom stereocenters. The van der Waals surface area contributed by atoms with Crippen LogP contribution in [0.3, 0.4) is 0 Å². The zero-order valence-electron chi connectivity index (χ0n) is 11.7. The van der Waals surface area contributed by atoms with Gasteiger partial charge in [0.15, 0.2) is 0 Å². The van der Waals surface area contributed by atoms with Crippen molar-refractivity contribution in [1.29, 1.82) is 0 Å². The van der Waals surface area contributed by atoms with Crippen LogP contribution in [-0.2, 0) is 13.1 Å². The van der Waals surface area contributed by atoms with Gasteiger partial charge in [-0.1, -0.05) is 36.4 Å². The summed E-state index contributed by atoms with van der Waals surface area (Å²) in [6.45, 7) is -2.19. The van der Waals surface area contributed by atoms with Crippen LogP contribution in [0.25, 0.3) is 11.0 Å². The molecule has 0 aliphatic rings. The van der Waals surface area contributed by atoms with Crippen LogP contribution in [0.15, 0.2) is 53.3 Å². The van der Waals surface area contributed by atoms with E-state index in [2.05, 4.69) is 0 Å². The van der Waals surface area contributed by atoms with Gasteiger partial charge < -0.3 is 5.73 Å². The number of rotatable bonds is 4. The predicted molar refractivity (Wildman–Crippen MR) is 80.9 cm³/mol. The molecule has 22 heavy (non-hydrogen) atoms. The molecule has 1 aromatic heterocycles. The van der Waals surface area contributed by atoms with Gasteiger partial charge in [-0.05, 0) is 23.3 Å². The Hall–Kier alpha value is -2.47. The van der Waals surface area contributed by atoms with Crippen molar-refractivity contribution >= 4 is 11.0 Å². The highest BCUT2D eigenvalue weighted by atomic mass is 19.3. The largest absolute Gasteiger partial charge is 0.333 e. The molecule has 3 aromatic rings. The number of nitrogens with two attached hydrogens (primary N) is 1. The van der Waals surface area contributed by atoms with E-state index in [0.717, 1.165) is 11.1 Å². The maximum Gasteiger partial charge on any atom is 0.333 e. The van der Waals surface area contributed by atoms with Gasteiger partial charge in [-0.15, -0.1) is 0 Å². The molecule has 0 spiro atoms. The summed E-state index contributed by atoms with van der Waals surface area (Å²) in [6.07, 6.45) is 0. The van der Waals surface area contributed by atoms with Crippen molar-refractivity contribution in [2.24, 2.45) is 5.73 Å². The van der Waals surface area contributed by atoms with E-state index in [9.17, 15) is 13.6 Å². The highest BCUT2D eigenvalue weighted by molar-refractivity contribution is 5.76. The molecular formula is C16H15F2N3O. The quantitative estimate of drug-likeness (QED) is 0.805. The van der Waals surface area contributed by atoms with Crippen molar-refractivity contribution in [3.05, 3.63) is 70.1 Å². The van der Waals surface area contributed by atoms with Crippen LogP contribution < -0.4 is 11.4 Å². The van der Waals surface area contributed by atoms with Crippen molar-refractivity contribution in [2.75, 3.05) is 0 Å². The SMILES string of the molecule is NCc1ccc(Cn2c(=O)n(C(F)F)c3ccccc32)cc1. The second-order valence-corrected chi connectivity index (χ2v) is 5.03.